The summed E-state index contributed by atoms with van der Waals surface area (Å²) in [6.45, 7) is 8.39. The molecule has 0 spiro atoms. The van der Waals surface area contributed by atoms with Crippen LogP contribution in [-0.2, 0) is 14.4 Å². The first-order valence-electron chi connectivity index (χ1n) is 9.79. The fourth-order valence-electron chi connectivity index (χ4n) is 3.17. The van der Waals surface area contributed by atoms with Gasteiger partial charge in [0.05, 0.1) is 0 Å². The lowest BCUT2D eigenvalue weighted by atomic mass is 9.98. The average Bonchev–Trinajstić information content (AvgIpc) is 2.60. The Balaban J connectivity index is 2.12. The standard InChI is InChI=1S/C21H31N3O3/c1-14(2)12-18(24-11-6-5-10-19(24)25)21(27)23-17-9-7-8-16(13-17)22-20(26)15(3)4/h7-9,13-15,18H,5-6,10-12H2,1-4H3,(H,22,26)(H,23,27)/t18-/m0/s1. The van der Waals surface area contributed by atoms with Crippen LogP contribution >= 0.6 is 0 Å². The van der Waals surface area contributed by atoms with Crippen molar-refractivity contribution in [3.63, 3.8) is 0 Å². The van der Waals surface area contributed by atoms with Crippen molar-refractivity contribution in [3.8, 4) is 0 Å². The molecule has 1 heterocycles. The zero-order valence-corrected chi connectivity index (χ0v) is 16.7. The van der Waals surface area contributed by atoms with E-state index in [0.29, 0.717) is 36.7 Å². The monoisotopic (exact) mass is 373 g/mol. The van der Waals surface area contributed by atoms with Crippen LogP contribution in [0.25, 0.3) is 0 Å². The number of rotatable bonds is 7. The van der Waals surface area contributed by atoms with Gasteiger partial charge in [0.25, 0.3) is 0 Å². The molecular weight excluding hydrogens is 342 g/mol. The van der Waals surface area contributed by atoms with E-state index in [1.54, 1.807) is 29.2 Å². The predicted molar refractivity (Wildman–Crippen MR) is 107 cm³/mol. The van der Waals surface area contributed by atoms with Crippen LogP contribution in [-0.4, -0.2) is 35.2 Å². The summed E-state index contributed by atoms with van der Waals surface area (Å²) >= 11 is 0. The Labute approximate surface area is 161 Å². The number of likely N-dealkylation sites (tertiary alicyclic amines) is 1. The Hall–Kier alpha value is -2.37. The summed E-state index contributed by atoms with van der Waals surface area (Å²) in [5.74, 6) is -0.0164. The fourth-order valence-corrected chi connectivity index (χ4v) is 3.17. The lowest BCUT2D eigenvalue weighted by molar-refractivity contribution is -0.141. The van der Waals surface area contributed by atoms with Gasteiger partial charge in [-0.3, -0.25) is 14.4 Å². The first kappa shape index (κ1) is 20.9. The lowest BCUT2D eigenvalue weighted by Gasteiger charge is -2.34. The van der Waals surface area contributed by atoms with Crippen LogP contribution in [0.15, 0.2) is 24.3 Å². The van der Waals surface area contributed by atoms with E-state index < -0.39 is 6.04 Å². The van der Waals surface area contributed by atoms with E-state index in [1.807, 2.05) is 13.8 Å². The maximum absolute atomic E-state index is 12.9. The van der Waals surface area contributed by atoms with Crippen LogP contribution in [0.5, 0.6) is 0 Å². The van der Waals surface area contributed by atoms with Crippen molar-refractivity contribution < 1.29 is 14.4 Å². The molecule has 1 fully saturated rings. The maximum Gasteiger partial charge on any atom is 0.247 e. The molecule has 0 saturated carbocycles. The number of carbonyl (C=O) groups excluding carboxylic acids is 3. The summed E-state index contributed by atoms with van der Waals surface area (Å²) in [7, 11) is 0. The van der Waals surface area contributed by atoms with Crippen molar-refractivity contribution in [2.24, 2.45) is 11.8 Å². The van der Waals surface area contributed by atoms with Crippen molar-refractivity contribution in [2.75, 3.05) is 17.2 Å². The van der Waals surface area contributed by atoms with Crippen LogP contribution in [0.3, 0.4) is 0 Å². The molecule has 1 atom stereocenters. The molecule has 2 N–H and O–H groups in total. The third-order valence-corrected chi connectivity index (χ3v) is 4.66. The number of nitrogens with one attached hydrogen (secondary N) is 2. The van der Waals surface area contributed by atoms with Gasteiger partial charge in [-0.1, -0.05) is 33.8 Å². The van der Waals surface area contributed by atoms with Gasteiger partial charge in [-0.2, -0.15) is 0 Å². The number of hydrogen-bond acceptors (Lipinski definition) is 3. The Morgan fingerprint density at radius 1 is 1.04 bits per heavy atom. The van der Waals surface area contributed by atoms with E-state index in [2.05, 4.69) is 24.5 Å². The molecular formula is C21H31N3O3. The highest BCUT2D eigenvalue weighted by molar-refractivity contribution is 5.98. The number of benzene rings is 1. The quantitative estimate of drug-likeness (QED) is 0.766. The van der Waals surface area contributed by atoms with Crippen molar-refractivity contribution >= 4 is 29.1 Å². The van der Waals surface area contributed by atoms with Gasteiger partial charge in [0.2, 0.25) is 17.7 Å². The zero-order chi connectivity index (χ0) is 20.0. The molecule has 2 rings (SSSR count). The van der Waals surface area contributed by atoms with Crippen LogP contribution in [0, 0.1) is 11.8 Å². The number of hydrogen-bond donors (Lipinski definition) is 2. The van der Waals surface area contributed by atoms with Gasteiger partial charge < -0.3 is 15.5 Å². The normalized spacial score (nSPS) is 15.8. The summed E-state index contributed by atoms with van der Waals surface area (Å²) in [6.07, 6.45) is 2.97. The molecule has 0 aliphatic carbocycles. The van der Waals surface area contributed by atoms with Crippen molar-refractivity contribution in [1.82, 2.24) is 4.90 Å². The molecule has 0 aromatic heterocycles. The number of anilines is 2. The van der Waals surface area contributed by atoms with Crippen molar-refractivity contribution in [3.05, 3.63) is 24.3 Å². The van der Waals surface area contributed by atoms with Crippen molar-refractivity contribution in [2.45, 2.75) is 59.4 Å². The largest absolute Gasteiger partial charge is 0.331 e. The van der Waals surface area contributed by atoms with Crippen LogP contribution in [0.2, 0.25) is 0 Å². The lowest BCUT2D eigenvalue weighted by Crippen LogP contribution is -2.49. The van der Waals surface area contributed by atoms with Crippen LogP contribution in [0.1, 0.15) is 53.4 Å². The topological polar surface area (TPSA) is 78.5 Å². The summed E-state index contributed by atoms with van der Waals surface area (Å²) in [6, 6.07) is 6.63. The Bertz CT molecular complexity index is 685. The zero-order valence-electron chi connectivity index (χ0n) is 16.7. The first-order chi connectivity index (χ1) is 12.8. The fraction of sp³-hybridized carbons (Fsp3) is 0.571. The molecule has 148 valence electrons. The van der Waals surface area contributed by atoms with Gasteiger partial charge in [0.15, 0.2) is 0 Å². The number of piperidine rings is 1. The predicted octanol–water partition coefficient (Wildman–Crippen LogP) is 3.65. The Kier molecular flexibility index (Phi) is 7.39. The van der Waals surface area contributed by atoms with Gasteiger partial charge >= 0.3 is 0 Å². The minimum Gasteiger partial charge on any atom is -0.331 e. The molecule has 1 saturated heterocycles. The molecule has 27 heavy (non-hydrogen) atoms. The number of carbonyl (C=O) groups is 3. The van der Waals surface area contributed by atoms with Gasteiger partial charge in [-0.15, -0.1) is 0 Å². The van der Waals surface area contributed by atoms with E-state index in [-0.39, 0.29) is 23.6 Å². The third-order valence-electron chi connectivity index (χ3n) is 4.66. The summed E-state index contributed by atoms with van der Waals surface area (Å²) in [5, 5.41) is 5.76. The molecule has 0 radical (unpaired) electrons. The highest BCUT2D eigenvalue weighted by atomic mass is 16.2. The van der Waals surface area contributed by atoms with Gasteiger partial charge in [0, 0.05) is 30.3 Å². The molecule has 1 aromatic carbocycles. The van der Waals surface area contributed by atoms with Crippen molar-refractivity contribution in [1.29, 1.82) is 0 Å². The molecule has 6 nitrogen and oxygen atoms in total. The summed E-state index contributed by atoms with van der Waals surface area (Å²) < 4.78 is 0. The van der Waals surface area contributed by atoms with Gasteiger partial charge in [0.1, 0.15) is 6.04 Å². The Morgan fingerprint density at radius 3 is 2.22 bits per heavy atom. The minimum absolute atomic E-state index is 0.0556. The summed E-state index contributed by atoms with van der Waals surface area (Å²) in [5.41, 5.74) is 1.25. The third kappa shape index (κ3) is 6.08. The second-order valence-corrected chi connectivity index (χ2v) is 7.90. The molecule has 0 unspecified atom stereocenters. The van der Waals surface area contributed by atoms with Gasteiger partial charge in [-0.05, 0) is 43.4 Å². The van der Waals surface area contributed by atoms with E-state index in [1.165, 1.54) is 0 Å². The highest BCUT2D eigenvalue weighted by Gasteiger charge is 2.31. The van der Waals surface area contributed by atoms with E-state index in [4.69, 9.17) is 0 Å². The van der Waals surface area contributed by atoms with E-state index in [9.17, 15) is 14.4 Å². The second kappa shape index (κ2) is 9.53. The van der Waals surface area contributed by atoms with Crippen LogP contribution in [0.4, 0.5) is 11.4 Å². The summed E-state index contributed by atoms with van der Waals surface area (Å²) in [4.78, 5) is 38.9. The second-order valence-electron chi connectivity index (χ2n) is 7.90. The molecule has 1 aliphatic heterocycles. The smallest absolute Gasteiger partial charge is 0.247 e. The first-order valence-corrected chi connectivity index (χ1v) is 9.79. The number of nitrogens with zero attached hydrogens (tertiary/aromatic N) is 1. The molecule has 0 bridgehead atoms. The van der Waals surface area contributed by atoms with Crippen LogP contribution < -0.4 is 10.6 Å². The molecule has 3 amide bonds. The Morgan fingerprint density at radius 2 is 1.67 bits per heavy atom. The SMILES string of the molecule is CC(C)C[C@@H](C(=O)Nc1cccc(NC(=O)C(C)C)c1)N1CCCCC1=O. The molecule has 6 heteroatoms. The molecule has 1 aromatic rings. The highest BCUT2D eigenvalue weighted by Crippen LogP contribution is 2.22. The number of amides is 3. The van der Waals surface area contributed by atoms with E-state index in [0.717, 1.165) is 12.8 Å². The minimum atomic E-state index is -0.466. The van der Waals surface area contributed by atoms with Gasteiger partial charge in [-0.25, -0.2) is 0 Å². The maximum atomic E-state index is 12.9. The van der Waals surface area contributed by atoms with E-state index >= 15 is 0 Å². The molecule has 1 aliphatic rings. The average molecular weight is 373 g/mol.